The summed E-state index contributed by atoms with van der Waals surface area (Å²) in [6.45, 7) is 9.79. The Morgan fingerprint density at radius 2 is 2.03 bits per heavy atom. The summed E-state index contributed by atoms with van der Waals surface area (Å²) in [6.07, 6.45) is 1.91. The largest absolute Gasteiger partial charge is 0.497 e. The van der Waals surface area contributed by atoms with E-state index < -0.39 is 0 Å². The molecular weight excluding hydrogens is 497 g/mol. The van der Waals surface area contributed by atoms with Crippen molar-refractivity contribution in [2.24, 2.45) is 4.99 Å². The van der Waals surface area contributed by atoms with E-state index in [2.05, 4.69) is 57.5 Å². The number of hydrogen-bond acceptors (Lipinski definition) is 5. The van der Waals surface area contributed by atoms with Crippen LogP contribution in [0, 0.1) is 0 Å². The van der Waals surface area contributed by atoms with Gasteiger partial charge in [0.15, 0.2) is 5.96 Å². The molecule has 29 heavy (non-hydrogen) atoms. The van der Waals surface area contributed by atoms with Crippen molar-refractivity contribution in [3.63, 3.8) is 0 Å². The molecule has 1 aromatic heterocycles. The topological polar surface area (TPSA) is 53.0 Å². The number of nitrogens with zero attached hydrogens (tertiary/aromatic N) is 4. The molecule has 3 rings (SSSR count). The fraction of sp³-hybridized carbons (Fsp3) is 0.524. The minimum absolute atomic E-state index is 0. The average molecular weight is 529 g/mol. The molecule has 0 atom stereocenters. The van der Waals surface area contributed by atoms with E-state index in [4.69, 9.17) is 9.73 Å². The van der Waals surface area contributed by atoms with Gasteiger partial charge in [-0.1, -0.05) is 13.0 Å². The van der Waals surface area contributed by atoms with Crippen molar-refractivity contribution in [2.45, 2.75) is 26.7 Å². The number of piperazine rings is 1. The van der Waals surface area contributed by atoms with Crippen LogP contribution in [0.2, 0.25) is 0 Å². The summed E-state index contributed by atoms with van der Waals surface area (Å²) in [4.78, 5) is 14.3. The molecule has 0 saturated carbocycles. The van der Waals surface area contributed by atoms with E-state index in [9.17, 15) is 0 Å². The number of rotatable bonds is 7. The molecule has 0 radical (unpaired) electrons. The van der Waals surface area contributed by atoms with Gasteiger partial charge in [0.25, 0.3) is 0 Å². The van der Waals surface area contributed by atoms with Crippen molar-refractivity contribution in [1.82, 2.24) is 15.2 Å². The number of ether oxygens (including phenoxy) is 1. The Kier molecular flexibility index (Phi) is 9.99. The van der Waals surface area contributed by atoms with Gasteiger partial charge in [-0.2, -0.15) is 0 Å². The molecule has 1 saturated heterocycles. The number of aryl methyl sites for hydroxylation is 1. The fourth-order valence-corrected chi connectivity index (χ4v) is 4.09. The van der Waals surface area contributed by atoms with Crippen LogP contribution < -0.4 is 15.0 Å². The number of halogens is 1. The lowest BCUT2D eigenvalue weighted by molar-refractivity contribution is 0.372. The van der Waals surface area contributed by atoms with E-state index in [0.717, 1.165) is 69.5 Å². The molecule has 1 N–H and O–H groups in total. The van der Waals surface area contributed by atoms with Gasteiger partial charge in [-0.3, -0.25) is 4.99 Å². The number of aromatic nitrogens is 1. The van der Waals surface area contributed by atoms with Crippen LogP contribution in [0.1, 0.15) is 24.5 Å². The fourth-order valence-electron chi connectivity index (χ4n) is 3.31. The first-order valence-corrected chi connectivity index (χ1v) is 11.0. The van der Waals surface area contributed by atoms with Gasteiger partial charge in [0, 0.05) is 62.8 Å². The predicted octanol–water partition coefficient (Wildman–Crippen LogP) is 3.66. The van der Waals surface area contributed by atoms with Crippen LogP contribution in [0.15, 0.2) is 34.6 Å². The molecule has 160 valence electrons. The van der Waals surface area contributed by atoms with Gasteiger partial charge in [-0.15, -0.1) is 35.3 Å². The SMILES string of the molecule is CCNC(=NCCc1csc(CC)n1)N1CCN(c2cccc(OC)c2)CC1.I. The van der Waals surface area contributed by atoms with Crippen LogP contribution in [-0.2, 0) is 12.8 Å². The summed E-state index contributed by atoms with van der Waals surface area (Å²) in [7, 11) is 1.71. The maximum Gasteiger partial charge on any atom is 0.194 e. The van der Waals surface area contributed by atoms with E-state index >= 15 is 0 Å². The maximum absolute atomic E-state index is 5.36. The highest BCUT2D eigenvalue weighted by atomic mass is 127. The molecule has 2 heterocycles. The summed E-state index contributed by atoms with van der Waals surface area (Å²) < 4.78 is 5.36. The molecule has 0 unspecified atom stereocenters. The highest BCUT2D eigenvalue weighted by molar-refractivity contribution is 14.0. The Balaban J connectivity index is 0.00000300. The molecule has 0 spiro atoms. The van der Waals surface area contributed by atoms with E-state index in [1.54, 1.807) is 18.4 Å². The third kappa shape index (κ3) is 6.74. The zero-order valence-electron chi connectivity index (χ0n) is 17.6. The molecule has 2 aromatic rings. The van der Waals surface area contributed by atoms with Crippen molar-refractivity contribution in [1.29, 1.82) is 0 Å². The Morgan fingerprint density at radius 1 is 1.24 bits per heavy atom. The molecular formula is C21H32IN5OS. The lowest BCUT2D eigenvalue weighted by Crippen LogP contribution is -2.52. The first-order chi connectivity index (χ1) is 13.7. The number of hydrogen-bond donors (Lipinski definition) is 1. The van der Waals surface area contributed by atoms with Gasteiger partial charge in [-0.05, 0) is 25.5 Å². The minimum Gasteiger partial charge on any atom is -0.497 e. The Labute approximate surface area is 195 Å². The number of nitrogens with one attached hydrogen (secondary N) is 1. The number of methoxy groups -OCH3 is 1. The molecule has 0 amide bonds. The first kappa shape index (κ1) is 23.7. The van der Waals surface area contributed by atoms with Gasteiger partial charge >= 0.3 is 0 Å². The van der Waals surface area contributed by atoms with Gasteiger partial charge in [0.1, 0.15) is 5.75 Å². The van der Waals surface area contributed by atoms with Crippen LogP contribution in [-0.4, -0.2) is 62.2 Å². The van der Waals surface area contributed by atoms with Crippen LogP contribution >= 0.6 is 35.3 Å². The molecule has 6 nitrogen and oxygen atoms in total. The Bertz CT molecular complexity index is 774. The summed E-state index contributed by atoms with van der Waals surface area (Å²) in [5.41, 5.74) is 2.38. The van der Waals surface area contributed by atoms with Crippen LogP contribution in [0.5, 0.6) is 5.75 Å². The Morgan fingerprint density at radius 3 is 2.69 bits per heavy atom. The first-order valence-electron chi connectivity index (χ1n) is 10.1. The number of thiazole rings is 1. The second kappa shape index (κ2) is 12.2. The molecule has 1 aliphatic rings. The quantitative estimate of drug-likeness (QED) is 0.337. The van der Waals surface area contributed by atoms with Crippen LogP contribution in [0.25, 0.3) is 0 Å². The van der Waals surface area contributed by atoms with Crippen molar-refractivity contribution in [2.75, 3.05) is 51.3 Å². The highest BCUT2D eigenvalue weighted by Gasteiger charge is 2.20. The normalized spacial score (nSPS) is 14.5. The molecule has 1 aromatic carbocycles. The van der Waals surface area contributed by atoms with Gasteiger partial charge in [-0.25, -0.2) is 4.98 Å². The molecule has 1 fully saturated rings. The standard InChI is InChI=1S/C21H31N5OS.HI/c1-4-20-24-17(16-28-20)9-10-23-21(22-5-2)26-13-11-25(12-14-26)18-7-6-8-19(15-18)27-3;/h6-8,15-16H,4-5,9-14H2,1-3H3,(H,22,23);1H. The number of aliphatic imine (C=N–C) groups is 1. The monoisotopic (exact) mass is 529 g/mol. The predicted molar refractivity (Wildman–Crippen MR) is 133 cm³/mol. The second-order valence-corrected chi connectivity index (χ2v) is 7.69. The van der Waals surface area contributed by atoms with Gasteiger partial charge in [0.2, 0.25) is 0 Å². The molecule has 0 aliphatic carbocycles. The Hall–Kier alpha value is -1.55. The zero-order valence-corrected chi connectivity index (χ0v) is 20.7. The summed E-state index contributed by atoms with van der Waals surface area (Å²) in [5.74, 6) is 1.92. The third-order valence-electron chi connectivity index (χ3n) is 4.86. The number of guanidine groups is 1. The lowest BCUT2D eigenvalue weighted by Gasteiger charge is -2.37. The third-order valence-corrected chi connectivity index (χ3v) is 5.91. The highest BCUT2D eigenvalue weighted by Crippen LogP contribution is 2.22. The van der Waals surface area contributed by atoms with E-state index in [1.807, 2.05) is 6.07 Å². The maximum atomic E-state index is 5.36. The molecule has 8 heteroatoms. The number of benzene rings is 1. The zero-order chi connectivity index (χ0) is 19.8. The van der Waals surface area contributed by atoms with Gasteiger partial charge in [0.05, 0.1) is 17.8 Å². The lowest BCUT2D eigenvalue weighted by atomic mass is 10.2. The van der Waals surface area contributed by atoms with Crippen LogP contribution in [0.4, 0.5) is 5.69 Å². The van der Waals surface area contributed by atoms with Crippen LogP contribution in [0.3, 0.4) is 0 Å². The number of anilines is 1. The summed E-state index contributed by atoms with van der Waals surface area (Å²) >= 11 is 1.75. The molecule has 0 bridgehead atoms. The van der Waals surface area contributed by atoms with Crippen molar-refractivity contribution >= 4 is 47.0 Å². The van der Waals surface area contributed by atoms with Crippen molar-refractivity contribution in [3.8, 4) is 5.75 Å². The smallest absolute Gasteiger partial charge is 0.194 e. The average Bonchev–Trinajstić information content (AvgIpc) is 3.21. The summed E-state index contributed by atoms with van der Waals surface area (Å²) in [6, 6.07) is 8.29. The minimum atomic E-state index is 0. The van der Waals surface area contributed by atoms with E-state index in [0.29, 0.717) is 0 Å². The second-order valence-electron chi connectivity index (χ2n) is 6.75. The summed E-state index contributed by atoms with van der Waals surface area (Å²) in [5, 5.41) is 6.82. The van der Waals surface area contributed by atoms with E-state index in [-0.39, 0.29) is 24.0 Å². The van der Waals surface area contributed by atoms with Crippen molar-refractivity contribution < 1.29 is 4.74 Å². The van der Waals surface area contributed by atoms with Crippen molar-refractivity contribution in [3.05, 3.63) is 40.3 Å². The van der Waals surface area contributed by atoms with Gasteiger partial charge < -0.3 is 19.9 Å². The van der Waals surface area contributed by atoms with E-state index in [1.165, 1.54) is 10.7 Å². The molecule has 1 aliphatic heterocycles.